The van der Waals surface area contributed by atoms with Gasteiger partial charge in [0.2, 0.25) is 0 Å². The highest BCUT2D eigenvalue weighted by molar-refractivity contribution is 9.10. The molecule has 0 aliphatic heterocycles. The van der Waals surface area contributed by atoms with E-state index in [1.54, 1.807) is 46.0 Å². The van der Waals surface area contributed by atoms with Crippen molar-refractivity contribution in [1.82, 2.24) is 9.88 Å². The second kappa shape index (κ2) is 5.91. The largest absolute Gasteiger partial charge is 0.444 e. The van der Waals surface area contributed by atoms with Gasteiger partial charge in [-0.1, -0.05) is 0 Å². The number of halogens is 1. The molecule has 1 unspecified atom stereocenters. The van der Waals surface area contributed by atoms with Crippen molar-refractivity contribution < 1.29 is 14.3 Å². The summed E-state index contributed by atoms with van der Waals surface area (Å²) in [6, 6.07) is 3.46. The van der Waals surface area contributed by atoms with Gasteiger partial charge in [0.15, 0.2) is 6.29 Å². The van der Waals surface area contributed by atoms with Crippen LogP contribution in [-0.4, -0.2) is 34.9 Å². The Kier molecular flexibility index (Phi) is 4.91. The minimum absolute atomic E-state index is 0.476. The van der Waals surface area contributed by atoms with Gasteiger partial charge in [0.05, 0.1) is 5.69 Å². The number of aldehydes is 1. The zero-order valence-corrected chi connectivity index (χ0v) is 13.9. The Bertz CT molecular complexity index is 496. The topological polar surface area (TPSA) is 59.5 Å². The van der Waals surface area contributed by atoms with Crippen molar-refractivity contribution in [3.8, 4) is 0 Å². The second-order valence-electron chi connectivity index (χ2n) is 5.67. The van der Waals surface area contributed by atoms with Gasteiger partial charge < -0.3 is 9.53 Å². The van der Waals surface area contributed by atoms with Crippen LogP contribution in [0.1, 0.15) is 33.4 Å². The first-order chi connectivity index (χ1) is 9.10. The maximum absolute atomic E-state index is 12.1. The van der Waals surface area contributed by atoms with E-state index in [2.05, 4.69) is 20.9 Å². The summed E-state index contributed by atoms with van der Waals surface area (Å²) in [5.41, 5.74) is -1.32. The van der Waals surface area contributed by atoms with E-state index in [1.165, 1.54) is 11.9 Å². The van der Waals surface area contributed by atoms with Crippen LogP contribution in [-0.2, 0) is 15.1 Å². The molecule has 1 aromatic heterocycles. The van der Waals surface area contributed by atoms with E-state index in [9.17, 15) is 9.59 Å². The van der Waals surface area contributed by atoms with Crippen LogP contribution < -0.4 is 0 Å². The van der Waals surface area contributed by atoms with Crippen LogP contribution in [0.4, 0.5) is 4.79 Å². The lowest BCUT2D eigenvalue weighted by Crippen LogP contribution is -2.48. The molecular formula is C14H19BrN2O3. The molecule has 0 fully saturated rings. The van der Waals surface area contributed by atoms with Gasteiger partial charge in [-0.05, 0) is 55.8 Å². The SMILES string of the molecule is CN(C(=O)OC(C)(C)C)C(C)(C=O)c1ccc(Br)cn1. The van der Waals surface area contributed by atoms with Gasteiger partial charge in [-0.2, -0.15) is 0 Å². The van der Waals surface area contributed by atoms with Crippen LogP contribution in [0.5, 0.6) is 0 Å². The third kappa shape index (κ3) is 3.79. The molecule has 20 heavy (non-hydrogen) atoms. The molecule has 0 aliphatic rings. The molecule has 1 atom stereocenters. The van der Waals surface area contributed by atoms with Gasteiger partial charge in [-0.15, -0.1) is 0 Å². The molecule has 1 rings (SSSR count). The van der Waals surface area contributed by atoms with Crippen LogP contribution in [0.3, 0.4) is 0 Å². The summed E-state index contributed by atoms with van der Waals surface area (Å²) in [7, 11) is 1.52. The average molecular weight is 343 g/mol. The summed E-state index contributed by atoms with van der Waals surface area (Å²) in [5.74, 6) is 0. The first kappa shape index (κ1) is 16.6. The number of likely N-dealkylation sites (N-methyl/N-ethyl adjacent to an activating group) is 1. The highest BCUT2D eigenvalue weighted by Gasteiger charge is 2.37. The van der Waals surface area contributed by atoms with E-state index in [1.807, 2.05) is 0 Å². The molecule has 0 radical (unpaired) electrons. The average Bonchev–Trinajstić information content (AvgIpc) is 2.35. The van der Waals surface area contributed by atoms with Crippen molar-refractivity contribution in [1.29, 1.82) is 0 Å². The third-order valence-corrected chi connectivity index (χ3v) is 3.31. The zero-order chi connectivity index (χ0) is 15.6. The number of hydrogen-bond donors (Lipinski definition) is 0. The molecule has 0 aromatic carbocycles. The van der Waals surface area contributed by atoms with Crippen LogP contribution >= 0.6 is 15.9 Å². The molecule has 0 saturated carbocycles. The number of pyridine rings is 1. The van der Waals surface area contributed by atoms with E-state index >= 15 is 0 Å². The Balaban J connectivity index is 3.07. The van der Waals surface area contributed by atoms with Crippen LogP contribution in [0.2, 0.25) is 0 Å². The molecule has 0 bridgehead atoms. The first-order valence-electron chi connectivity index (χ1n) is 6.15. The molecule has 0 saturated heterocycles. The van der Waals surface area contributed by atoms with Gasteiger partial charge in [-0.3, -0.25) is 9.88 Å². The maximum atomic E-state index is 12.1. The maximum Gasteiger partial charge on any atom is 0.411 e. The highest BCUT2D eigenvalue weighted by Crippen LogP contribution is 2.26. The standard InChI is InChI=1S/C14H19BrN2O3/c1-13(2,3)20-12(19)17(5)14(4,9-18)11-7-6-10(15)8-16-11/h6-9H,1-5H3. The molecule has 5 nitrogen and oxygen atoms in total. The summed E-state index contributed by atoms with van der Waals surface area (Å²) < 4.78 is 6.08. The van der Waals surface area contributed by atoms with Crippen molar-refractivity contribution in [2.24, 2.45) is 0 Å². The summed E-state index contributed by atoms with van der Waals surface area (Å²) in [6.45, 7) is 6.94. The van der Waals surface area contributed by atoms with Crippen molar-refractivity contribution in [2.45, 2.75) is 38.8 Å². The Morgan fingerprint density at radius 3 is 2.35 bits per heavy atom. The van der Waals surface area contributed by atoms with Gasteiger partial charge >= 0.3 is 6.09 Å². The fourth-order valence-corrected chi connectivity index (χ4v) is 1.74. The number of rotatable bonds is 3. The Labute approximate surface area is 127 Å². The van der Waals surface area contributed by atoms with Crippen LogP contribution in [0.15, 0.2) is 22.8 Å². The molecular weight excluding hydrogens is 324 g/mol. The number of carbonyl (C=O) groups is 2. The molecule has 0 N–H and O–H groups in total. The van der Waals surface area contributed by atoms with Gasteiger partial charge in [-0.25, -0.2) is 4.79 Å². The number of amides is 1. The zero-order valence-electron chi connectivity index (χ0n) is 12.3. The van der Waals surface area contributed by atoms with Crippen LogP contribution in [0, 0.1) is 0 Å². The third-order valence-electron chi connectivity index (χ3n) is 2.84. The lowest BCUT2D eigenvalue weighted by molar-refractivity contribution is -0.117. The molecule has 1 amide bonds. The van der Waals surface area contributed by atoms with Crippen molar-refractivity contribution in [3.05, 3.63) is 28.5 Å². The second-order valence-corrected chi connectivity index (χ2v) is 6.58. The summed E-state index contributed by atoms with van der Waals surface area (Å²) in [5, 5.41) is 0. The smallest absolute Gasteiger partial charge is 0.411 e. The normalized spacial score (nSPS) is 14.3. The predicted molar refractivity (Wildman–Crippen MR) is 79.4 cm³/mol. The minimum Gasteiger partial charge on any atom is -0.444 e. The number of nitrogens with zero attached hydrogens (tertiary/aromatic N) is 2. The summed E-state index contributed by atoms with van der Waals surface area (Å²) >= 11 is 3.28. The van der Waals surface area contributed by atoms with Gasteiger partial charge in [0, 0.05) is 17.7 Å². The number of ether oxygens (including phenoxy) is 1. The molecule has 110 valence electrons. The quantitative estimate of drug-likeness (QED) is 0.791. The first-order valence-corrected chi connectivity index (χ1v) is 6.94. The fourth-order valence-electron chi connectivity index (χ4n) is 1.51. The van der Waals surface area contributed by atoms with Gasteiger partial charge in [0.25, 0.3) is 0 Å². The summed E-state index contributed by atoms with van der Waals surface area (Å²) in [4.78, 5) is 29.1. The summed E-state index contributed by atoms with van der Waals surface area (Å²) in [6.07, 6.45) is 1.70. The molecule has 0 spiro atoms. The van der Waals surface area contributed by atoms with E-state index in [-0.39, 0.29) is 0 Å². The van der Waals surface area contributed by atoms with Crippen molar-refractivity contribution in [3.63, 3.8) is 0 Å². The Morgan fingerprint density at radius 2 is 1.95 bits per heavy atom. The van der Waals surface area contributed by atoms with E-state index in [0.717, 1.165) is 4.47 Å². The predicted octanol–water partition coefficient (Wildman–Crippen LogP) is 3.13. The molecule has 0 aliphatic carbocycles. The lowest BCUT2D eigenvalue weighted by atomic mass is 9.97. The van der Waals surface area contributed by atoms with E-state index < -0.39 is 17.2 Å². The molecule has 6 heteroatoms. The van der Waals surface area contributed by atoms with Crippen molar-refractivity contribution >= 4 is 28.3 Å². The van der Waals surface area contributed by atoms with Crippen molar-refractivity contribution in [2.75, 3.05) is 7.05 Å². The van der Waals surface area contributed by atoms with E-state index in [0.29, 0.717) is 12.0 Å². The molecule has 1 heterocycles. The van der Waals surface area contributed by atoms with Gasteiger partial charge in [0.1, 0.15) is 11.1 Å². The monoisotopic (exact) mass is 342 g/mol. The Morgan fingerprint density at radius 1 is 1.35 bits per heavy atom. The fraction of sp³-hybridized carbons (Fsp3) is 0.500. The highest BCUT2D eigenvalue weighted by atomic mass is 79.9. The number of aromatic nitrogens is 1. The lowest BCUT2D eigenvalue weighted by Gasteiger charge is -2.34. The molecule has 1 aromatic rings. The van der Waals surface area contributed by atoms with Crippen LogP contribution in [0.25, 0.3) is 0 Å². The van der Waals surface area contributed by atoms with E-state index in [4.69, 9.17) is 4.74 Å². The number of hydrogen-bond acceptors (Lipinski definition) is 4. The number of carbonyl (C=O) groups excluding carboxylic acids is 2. The Hall–Kier alpha value is -1.43. The minimum atomic E-state index is -1.18.